The largest absolute Gasteiger partial charge is 0.340 e. The molecule has 0 aromatic carbocycles. The maximum absolute atomic E-state index is 11.6. The Morgan fingerprint density at radius 2 is 2.31 bits per heavy atom. The summed E-state index contributed by atoms with van der Waals surface area (Å²) in [5.74, 6) is -0.989. The van der Waals surface area contributed by atoms with Crippen LogP contribution in [0.1, 0.15) is 22.5 Å². The molecule has 6 heteroatoms. The predicted octanol–water partition coefficient (Wildman–Crippen LogP) is 0.283. The standard InChI is InChI=1S/C10H10N2O3S/c13-8-4-3-6(9(14)12-8)11-10(15)7-2-1-5-16-7/h1-2,5-6H,3-4H2,(H,11,15)(H,12,13,14). The number of amides is 3. The molecule has 0 spiro atoms. The summed E-state index contributed by atoms with van der Waals surface area (Å²) in [4.78, 5) is 34.5. The van der Waals surface area contributed by atoms with E-state index in [0.29, 0.717) is 11.3 Å². The Morgan fingerprint density at radius 1 is 1.50 bits per heavy atom. The molecule has 2 N–H and O–H groups in total. The van der Waals surface area contributed by atoms with Crippen molar-refractivity contribution >= 4 is 29.1 Å². The van der Waals surface area contributed by atoms with Crippen molar-refractivity contribution < 1.29 is 14.4 Å². The lowest BCUT2D eigenvalue weighted by Crippen LogP contribution is -2.52. The molecule has 0 radical (unpaired) electrons. The van der Waals surface area contributed by atoms with Crippen LogP contribution in [-0.2, 0) is 9.59 Å². The quantitative estimate of drug-likeness (QED) is 0.727. The van der Waals surface area contributed by atoms with Gasteiger partial charge in [0.2, 0.25) is 11.8 Å². The molecule has 1 aliphatic rings. The van der Waals surface area contributed by atoms with Gasteiger partial charge in [-0.05, 0) is 17.9 Å². The number of imide groups is 1. The van der Waals surface area contributed by atoms with E-state index in [1.807, 2.05) is 0 Å². The molecule has 1 aromatic rings. The number of thiophene rings is 1. The van der Waals surface area contributed by atoms with Gasteiger partial charge in [0, 0.05) is 6.42 Å². The second-order valence-electron chi connectivity index (χ2n) is 3.45. The molecule has 5 nitrogen and oxygen atoms in total. The maximum Gasteiger partial charge on any atom is 0.261 e. The summed E-state index contributed by atoms with van der Waals surface area (Å²) in [7, 11) is 0. The Hall–Kier alpha value is -1.69. The second kappa shape index (κ2) is 4.44. The topological polar surface area (TPSA) is 75.3 Å². The zero-order chi connectivity index (χ0) is 11.5. The summed E-state index contributed by atoms with van der Waals surface area (Å²) in [5.41, 5.74) is 0. The summed E-state index contributed by atoms with van der Waals surface area (Å²) >= 11 is 1.31. The van der Waals surface area contributed by atoms with Crippen LogP contribution in [0.3, 0.4) is 0 Å². The minimum atomic E-state index is -0.604. The minimum Gasteiger partial charge on any atom is -0.340 e. The third-order valence-electron chi connectivity index (χ3n) is 2.29. The highest BCUT2D eigenvalue weighted by Crippen LogP contribution is 2.10. The van der Waals surface area contributed by atoms with E-state index in [4.69, 9.17) is 0 Å². The first-order valence-corrected chi connectivity index (χ1v) is 5.73. The maximum atomic E-state index is 11.6. The van der Waals surface area contributed by atoms with Crippen LogP contribution in [0, 0.1) is 0 Å². The molecule has 1 unspecified atom stereocenters. The van der Waals surface area contributed by atoms with Crippen molar-refractivity contribution in [3.8, 4) is 0 Å². The Bertz CT molecular complexity index is 427. The summed E-state index contributed by atoms with van der Waals surface area (Å²) in [6.45, 7) is 0. The molecule has 1 aromatic heterocycles. The molecule has 3 amide bonds. The molecule has 1 fully saturated rings. The van der Waals surface area contributed by atoms with Gasteiger partial charge in [-0.1, -0.05) is 6.07 Å². The highest BCUT2D eigenvalue weighted by atomic mass is 32.1. The van der Waals surface area contributed by atoms with Crippen LogP contribution in [0.5, 0.6) is 0 Å². The molecule has 0 aliphatic carbocycles. The van der Waals surface area contributed by atoms with E-state index in [9.17, 15) is 14.4 Å². The molecule has 16 heavy (non-hydrogen) atoms. The fraction of sp³-hybridized carbons (Fsp3) is 0.300. The molecule has 1 aliphatic heterocycles. The SMILES string of the molecule is O=C1CCC(NC(=O)c2cccs2)C(=O)N1. The number of rotatable bonds is 2. The van der Waals surface area contributed by atoms with Crippen LogP contribution in [0.25, 0.3) is 0 Å². The van der Waals surface area contributed by atoms with E-state index in [2.05, 4.69) is 10.6 Å². The van der Waals surface area contributed by atoms with Crippen LogP contribution in [-0.4, -0.2) is 23.8 Å². The highest BCUT2D eigenvalue weighted by molar-refractivity contribution is 7.12. The Morgan fingerprint density at radius 3 is 2.94 bits per heavy atom. The Kier molecular flexibility index (Phi) is 3.00. The van der Waals surface area contributed by atoms with Gasteiger partial charge in [0.05, 0.1) is 4.88 Å². The van der Waals surface area contributed by atoms with E-state index < -0.39 is 11.9 Å². The van der Waals surface area contributed by atoms with Gasteiger partial charge in [-0.2, -0.15) is 0 Å². The van der Waals surface area contributed by atoms with Gasteiger partial charge in [0.1, 0.15) is 6.04 Å². The minimum absolute atomic E-state index is 0.265. The van der Waals surface area contributed by atoms with E-state index in [1.54, 1.807) is 17.5 Å². The van der Waals surface area contributed by atoms with Crippen molar-refractivity contribution in [3.05, 3.63) is 22.4 Å². The molecule has 1 saturated heterocycles. The number of hydrogen-bond acceptors (Lipinski definition) is 4. The van der Waals surface area contributed by atoms with E-state index in [1.165, 1.54) is 11.3 Å². The van der Waals surface area contributed by atoms with Crippen LogP contribution < -0.4 is 10.6 Å². The fourth-order valence-electron chi connectivity index (χ4n) is 1.47. The molecule has 0 bridgehead atoms. The smallest absolute Gasteiger partial charge is 0.261 e. The zero-order valence-electron chi connectivity index (χ0n) is 8.36. The highest BCUT2D eigenvalue weighted by Gasteiger charge is 2.28. The van der Waals surface area contributed by atoms with Gasteiger partial charge < -0.3 is 5.32 Å². The molecule has 84 valence electrons. The summed E-state index contributed by atoms with van der Waals surface area (Å²) in [6, 6.07) is 2.85. The van der Waals surface area contributed by atoms with Crippen molar-refractivity contribution in [1.29, 1.82) is 0 Å². The second-order valence-corrected chi connectivity index (χ2v) is 4.40. The van der Waals surface area contributed by atoms with Crippen LogP contribution in [0.4, 0.5) is 0 Å². The lowest BCUT2D eigenvalue weighted by molar-refractivity contribution is -0.134. The first-order valence-electron chi connectivity index (χ1n) is 4.85. The number of piperidine rings is 1. The van der Waals surface area contributed by atoms with E-state index in [0.717, 1.165) is 0 Å². The lowest BCUT2D eigenvalue weighted by Gasteiger charge is -2.21. The van der Waals surface area contributed by atoms with Crippen LogP contribution >= 0.6 is 11.3 Å². The Balaban J connectivity index is 1.97. The number of carbonyl (C=O) groups is 3. The fourth-order valence-corrected chi connectivity index (χ4v) is 2.10. The van der Waals surface area contributed by atoms with Crippen LogP contribution in [0.2, 0.25) is 0 Å². The number of hydrogen-bond donors (Lipinski definition) is 2. The summed E-state index contributed by atoms with van der Waals surface area (Å²) in [5, 5.41) is 6.58. The van der Waals surface area contributed by atoms with E-state index in [-0.39, 0.29) is 18.2 Å². The summed E-state index contributed by atoms with van der Waals surface area (Å²) in [6.07, 6.45) is 0.628. The van der Waals surface area contributed by atoms with Gasteiger partial charge >= 0.3 is 0 Å². The first kappa shape index (κ1) is 10.8. The normalized spacial score (nSPS) is 20.4. The van der Waals surface area contributed by atoms with Crippen molar-refractivity contribution in [2.24, 2.45) is 0 Å². The monoisotopic (exact) mass is 238 g/mol. The molecule has 2 rings (SSSR count). The molecular weight excluding hydrogens is 228 g/mol. The summed E-state index contributed by atoms with van der Waals surface area (Å²) < 4.78 is 0. The van der Waals surface area contributed by atoms with Crippen molar-refractivity contribution in [3.63, 3.8) is 0 Å². The number of nitrogens with one attached hydrogen (secondary N) is 2. The lowest BCUT2D eigenvalue weighted by atomic mass is 10.1. The van der Waals surface area contributed by atoms with Gasteiger partial charge in [-0.15, -0.1) is 11.3 Å². The van der Waals surface area contributed by atoms with Crippen LogP contribution in [0.15, 0.2) is 17.5 Å². The van der Waals surface area contributed by atoms with Gasteiger partial charge in [-0.3, -0.25) is 19.7 Å². The number of carbonyl (C=O) groups excluding carboxylic acids is 3. The molecular formula is C10H10N2O3S. The van der Waals surface area contributed by atoms with Gasteiger partial charge in [0.25, 0.3) is 5.91 Å². The first-order chi connectivity index (χ1) is 7.66. The van der Waals surface area contributed by atoms with Crippen molar-refractivity contribution in [1.82, 2.24) is 10.6 Å². The van der Waals surface area contributed by atoms with Crippen molar-refractivity contribution in [2.45, 2.75) is 18.9 Å². The molecule has 2 heterocycles. The average molecular weight is 238 g/mol. The van der Waals surface area contributed by atoms with Gasteiger partial charge in [0.15, 0.2) is 0 Å². The van der Waals surface area contributed by atoms with Crippen molar-refractivity contribution in [2.75, 3.05) is 0 Å². The predicted molar refractivity (Wildman–Crippen MR) is 58.0 cm³/mol. The van der Waals surface area contributed by atoms with E-state index >= 15 is 0 Å². The third kappa shape index (κ3) is 2.27. The molecule has 0 saturated carbocycles. The Labute approximate surface area is 95.8 Å². The zero-order valence-corrected chi connectivity index (χ0v) is 9.17. The average Bonchev–Trinajstić information content (AvgIpc) is 2.75. The molecule has 1 atom stereocenters. The van der Waals surface area contributed by atoms with Gasteiger partial charge in [-0.25, -0.2) is 0 Å². The third-order valence-corrected chi connectivity index (χ3v) is 3.16.